The molecule has 0 radical (unpaired) electrons. The van der Waals surface area contributed by atoms with Crippen molar-refractivity contribution in [1.82, 2.24) is 20.5 Å². The number of halogens is 1. The summed E-state index contributed by atoms with van der Waals surface area (Å²) in [6, 6.07) is 4.67. The van der Waals surface area contributed by atoms with E-state index in [0.717, 1.165) is 49.5 Å². The number of thiophene rings is 1. The summed E-state index contributed by atoms with van der Waals surface area (Å²) in [6.45, 7) is 9.38. The highest BCUT2D eigenvalue weighted by Crippen LogP contribution is 2.25. The first-order chi connectivity index (χ1) is 13.2. The summed E-state index contributed by atoms with van der Waals surface area (Å²) in [4.78, 5) is 12.9. The molecule has 0 saturated carbocycles. The van der Waals surface area contributed by atoms with E-state index in [1.54, 1.807) is 11.3 Å². The van der Waals surface area contributed by atoms with Gasteiger partial charge in [-0.3, -0.25) is 9.89 Å². The molecule has 2 N–H and O–H groups in total. The smallest absolute Gasteiger partial charge is 0.191 e. The third-order valence-corrected chi connectivity index (χ3v) is 6.45. The second-order valence-electron chi connectivity index (χ2n) is 6.81. The minimum absolute atomic E-state index is 0. The fourth-order valence-corrected chi connectivity index (χ4v) is 4.78. The first-order valence-corrected chi connectivity index (χ1v) is 11.2. The third-order valence-electron chi connectivity index (χ3n) is 4.61. The van der Waals surface area contributed by atoms with E-state index in [2.05, 4.69) is 62.3 Å². The molecule has 1 unspecified atom stereocenters. The molecule has 156 valence electrons. The molecule has 3 heterocycles. The van der Waals surface area contributed by atoms with Crippen LogP contribution in [0.4, 0.5) is 0 Å². The van der Waals surface area contributed by atoms with Crippen LogP contribution in [0.1, 0.15) is 41.4 Å². The van der Waals surface area contributed by atoms with Crippen molar-refractivity contribution in [2.75, 3.05) is 39.9 Å². The zero-order valence-corrected chi connectivity index (χ0v) is 20.6. The molecule has 2 aromatic heterocycles. The first kappa shape index (κ1) is 23.5. The number of rotatable bonds is 7. The summed E-state index contributed by atoms with van der Waals surface area (Å²) < 4.78 is 5.52. The molecule has 28 heavy (non-hydrogen) atoms. The molecule has 9 heteroatoms. The van der Waals surface area contributed by atoms with Gasteiger partial charge in [-0.25, -0.2) is 4.98 Å². The van der Waals surface area contributed by atoms with Crippen molar-refractivity contribution in [2.45, 2.75) is 32.4 Å². The van der Waals surface area contributed by atoms with Gasteiger partial charge in [0, 0.05) is 36.9 Å². The van der Waals surface area contributed by atoms with Gasteiger partial charge in [0.05, 0.1) is 31.5 Å². The fraction of sp³-hybridized carbons (Fsp3) is 0.579. The van der Waals surface area contributed by atoms with Crippen molar-refractivity contribution in [1.29, 1.82) is 0 Å². The van der Waals surface area contributed by atoms with Crippen molar-refractivity contribution >= 4 is 52.6 Å². The van der Waals surface area contributed by atoms with Gasteiger partial charge in [-0.05, 0) is 17.4 Å². The van der Waals surface area contributed by atoms with Crippen LogP contribution in [0.3, 0.4) is 0 Å². The highest BCUT2D eigenvalue weighted by molar-refractivity contribution is 14.0. The molecule has 1 fully saturated rings. The Kier molecular flexibility index (Phi) is 10.1. The molecule has 1 atom stereocenters. The van der Waals surface area contributed by atoms with Gasteiger partial charge in [-0.15, -0.1) is 46.7 Å². The van der Waals surface area contributed by atoms with E-state index in [9.17, 15) is 0 Å². The van der Waals surface area contributed by atoms with Gasteiger partial charge in [-0.1, -0.05) is 19.9 Å². The number of hydrogen-bond acceptors (Lipinski definition) is 6. The van der Waals surface area contributed by atoms with Crippen LogP contribution >= 0.6 is 46.7 Å². The van der Waals surface area contributed by atoms with Gasteiger partial charge >= 0.3 is 0 Å². The van der Waals surface area contributed by atoms with Crippen LogP contribution in [0.25, 0.3) is 0 Å². The van der Waals surface area contributed by atoms with Crippen molar-refractivity contribution in [2.24, 2.45) is 4.99 Å². The van der Waals surface area contributed by atoms with E-state index in [1.807, 2.05) is 18.4 Å². The first-order valence-electron chi connectivity index (χ1n) is 9.41. The summed E-state index contributed by atoms with van der Waals surface area (Å²) in [7, 11) is 1.81. The SMILES string of the molecule is CN=C(NCc1nc(C(C)C)cs1)NCC(c1cccs1)N1CCOCC1.I. The Morgan fingerprint density at radius 3 is 2.68 bits per heavy atom. The lowest BCUT2D eigenvalue weighted by atomic mass is 10.2. The predicted octanol–water partition coefficient (Wildman–Crippen LogP) is 3.68. The molecule has 0 aromatic carbocycles. The normalized spacial score (nSPS) is 16.6. The Hall–Kier alpha value is -0.750. The molecule has 1 aliphatic rings. The van der Waals surface area contributed by atoms with Crippen LogP contribution in [-0.2, 0) is 11.3 Å². The quantitative estimate of drug-likeness (QED) is 0.322. The Balaban J connectivity index is 0.00000280. The standard InChI is InChI=1S/C19H29N5OS2.HI/c1-14(2)15-13-27-18(23-15)12-22-19(20-3)21-11-16(17-5-4-10-26-17)24-6-8-25-9-7-24;/h4-5,10,13-14,16H,6-9,11-12H2,1-3H3,(H2,20,21,22);1H. The Labute approximate surface area is 192 Å². The lowest BCUT2D eigenvalue weighted by Crippen LogP contribution is -2.46. The monoisotopic (exact) mass is 535 g/mol. The fourth-order valence-electron chi connectivity index (χ4n) is 3.02. The van der Waals surface area contributed by atoms with Gasteiger partial charge in [0.25, 0.3) is 0 Å². The van der Waals surface area contributed by atoms with Gasteiger partial charge in [0.15, 0.2) is 5.96 Å². The van der Waals surface area contributed by atoms with Crippen molar-refractivity contribution < 1.29 is 4.74 Å². The van der Waals surface area contributed by atoms with Crippen LogP contribution in [0, 0.1) is 0 Å². The highest BCUT2D eigenvalue weighted by atomic mass is 127. The molecular formula is C19H30IN5OS2. The number of guanidine groups is 1. The zero-order chi connectivity index (χ0) is 19.1. The number of hydrogen-bond donors (Lipinski definition) is 2. The molecular weight excluding hydrogens is 505 g/mol. The van der Waals surface area contributed by atoms with Crippen LogP contribution in [0.2, 0.25) is 0 Å². The molecule has 3 rings (SSSR count). The Bertz CT molecular complexity index is 714. The molecule has 1 saturated heterocycles. The summed E-state index contributed by atoms with van der Waals surface area (Å²) in [5.74, 6) is 1.28. The predicted molar refractivity (Wildman–Crippen MR) is 129 cm³/mol. The summed E-state index contributed by atoms with van der Waals surface area (Å²) in [6.07, 6.45) is 0. The average molecular weight is 536 g/mol. The van der Waals surface area contributed by atoms with Crippen molar-refractivity contribution in [3.8, 4) is 0 Å². The van der Waals surface area contributed by atoms with Crippen LogP contribution < -0.4 is 10.6 Å². The molecule has 6 nitrogen and oxygen atoms in total. The minimum Gasteiger partial charge on any atom is -0.379 e. The number of ether oxygens (including phenoxy) is 1. The van der Waals surface area contributed by atoms with Crippen LogP contribution in [0.15, 0.2) is 27.9 Å². The molecule has 2 aromatic rings. The maximum Gasteiger partial charge on any atom is 0.191 e. The topological polar surface area (TPSA) is 61.8 Å². The lowest BCUT2D eigenvalue weighted by molar-refractivity contribution is 0.0177. The number of nitrogens with one attached hydrogen (secondary N) is 2. The minimum atomic E-state index is 0. The number of thiazole rings is 1. The largest absolute Gasteiger partial charge is 0.379 e. The second kappa shape index (κ2) is 12.1. The van der Waals surface area contributed by atoms with E-state index in [1.165, 1.54) is 4.88 Å². The molecule has 0 amide bonds. The lowest BCUT2D eigenvalue weighted by Gasteiger charge is -2.34. The maximum atomic E-state index is 5.52. The highest BCUT2D eigenvalue weighted by Gasteiger charge is 2.23. The summed E-state index contributed by atoms with van der Waals surface area (Å²) in [5.41, 5.74) is 1.16. The number of morpholine rings is 1. The maximum absolute atomic E-state index is 5.52. The van der Waals surface area contributed by atoms with Crippen LogP contribution in [0.5, 0.6) is 0 Å². The molecule has 1 aliphatic heterocycles. The van der Waals surface area contributed by atoms with E-state index >= 15 is 0 Å². The van der Waals surface area contributed by atoms with Gasteiger partial charge in [-0.2, -0.15) is 0 Å². The van der Waals surface area contributed by atoms with Crippen LogP contribution in [-0.4, -0.2) is 55.7 Å². The number of aliphatic imine (C=N–C) groups is 1. The van der Waals surface area contributed by atoms with Gasteiger partial charge < -0.3 is 15.4 Å². The van der Waals surface area contributed by atoms with E-state index in [4.69, 9.17) is 4.74 Å². The Morgan fingerprint density at radius 2 is 2.07 bits per heavy atom. The number of aromatic nitrogens is 1. The van der Waals surface area contributed by atoms with E-state index in [0.29, 0.717) is 18.5 Å². The van der Waals surface area contributed by atoms with Gasteiger partial charge in [0.1, 0.15) is 5.01 Å². The summed E-state index contributed by atoms with van der Waals surface area (Å²) in [5, 5.41) is 12.3. The van der Waals surface area contributed by atoms with Crippen molar-refractivity contribution in [3.05, 3.63) is 38.5 Å². The summed E-state index contributed by atoms with van der Waals surface area (Å²) >= 11 is 3.51. The zero-order valence-electron chi connectivity index (χ0n) is 16.7. The number of nitrogens with zero attached hydrogens (tertiary/aromatic N) is 3. The Morgan fingerprint density at radius 1 is 1.29 bits per heavy atom. The molecule has 0 aliphatic carbocycles. The van der Waals surface area contributed by atoms with Gasteiger partial charge in [0.2, 0.25) is 0 Å². The average Bonchev–Trinajstić information content (AvgIpc) is 3.37. The molecule has 0 spiro atoms. The van der Waals surface area contributed by atoms with E-state index in [-0.39, 0.29) is 24.0 Å². The second-order valence-corrected chi connectivity index (χ2v) is 8.73. The molecule has 0 bridgehead atoms. The van der Waals surface area contributed by atoms with E-state index < -0.39 is 0 Å². The van der Waals surface area contributed by atoms with Crippen molar-refractivity contribution in [3.63, 3.8) is 0 Å². The third kappa shape index (κ3) is 6.65.